The third kappa shape index (κ3) is 3.93. The van der Waals surface area contributed by atoms with E-state index >= 15 is 0 Å². The lowest BCUT2D eigenvalue weighted by Crippen LogP contribution is -2.48. The Balaban J connectivity index is 1.56. The van der Waals surface area contributed by atoms with E-state index in [0.717, 1.165) is 40.4 Å². The summed E-state index contributed by atoms with van der Waals surface area (Å²) in [5.74, 6) is -0.344. The Morgan fingerprint density at radius 3 is 2.64 bits per heavy atom. The Labute approximate surface area is 164 Å². The predicted molar refractivity (Wildman–Crippen MR) is 110 cm³/mol. The standard InChI is InChI=1S/C23H25N3O2/c1-14-7-8-16(11-15(14)2)22(27)26-21(23(28)25-18-9-10-18)12-17-13-24-20-6-4-3-5-19(17)20/h3-8,11,13,18,21,24H,9-10,12H2,1-2H3,(H,25,28)(H,26,27)/t21-/m0/s1. The van der Waals surface area contributed by atoms with Crippen LogP contribution in [-0.4, -0.2) is 28.9 Å². The normalized spacial score (nSPS) is 14.6. The monoisotopic (exact) mass is 375 g/mol. The summed E-state index contributed by atoms with van der Waals surface area (Å²) in [6.45, 7) is 4.00. The second-order valence-corrected chi connectivity index (χ2v) is 7.67. The third-order valence-electron chi connectivity index (χ3n) is 5.41. The fourth-order valence-corrected chi connectivity index (χ4v) is 3.38. The number of para-hydroxylation sites is 1. The SMILES string of the molecule is Cc1ccc(C(=O)N[C@@H](Cc2c[nH]c3ccccc23)C(=O)NC2CC2)cc1C. The van der Waals surface area contributed by atoms with Crippen molar-refractivity contribution in [2.45, 2.75) is 45.2 Å². The minimum atomic E-state index is -0.617. The molecule has 0 saturated heterocycles. The van der Waals surface area contributed by atoms with E-state index in [4.69, 9.17) is 0 Å². The van der Waals surface area contributed by atoms with Crippen molar-refractivity contribution in [3.63, 3.8) is 0 Å². The summed E-state index contributed by atoms with van der Waals surface area (Å²) in [6, 6.07) is 13.2. The van der Waals surface area contributed by atoms with Gasteiger partial charge in [0.05, 0.1) is 0 Å². The maximum atomic E-state index is 12.8. The van der Waals surface area contributed by atoms with Crippen LogP contribution < -0.4 is 10.6 Å². The van der Waals surface area contributed by atoms with Gasteiger partial charge >= 0.3 is 0 Å². The second kappa shape index (κ2) is 7.50. The Morgan fingerprint density at radius 1 is 1.11 bits per heavy atom. The summed E-state index contributed by atoms with van der Waals surface area (Å²) in [5.41, 5.74) is 4.82. The number of carbonyl (C=O) groups is 2. The van der Waals surface area contributed by atoms with Gasteiger partial charge in [0.15, 0.2) is 0 Å². The van der Waals surface area contributed by atoms with Crippen LogP contribution in [0.4, 0.5) is 0 Å². The molecule has 1 aliphatic rings. The molecular formula is C23H25N3O2. The molecular weight excluding hydrogens is 350 g/mol. The first-order valence-electron chi connectivity index (χ1n) is 9.75. The molecule has 1 atom stereocenters. The number of nitrogens with one attached hydrogen (secondary N) is 3. The molecule has 0 bridgehead atoms. The summed E-state index contributed by atoms with van der Waals surface area (Å²) in [5, 5.41) is 7.05. The van der Waals surface area contributed by atoms with Crippen LogP contribution in [-0.2, 0) is 11.2 Å². The highest BCUT2D eigenvalue weighted by atomic mass is 16.2. The first-order chi connectivity index (χ1) is 13.5. The fraction of sp³-hybridized carbons (Fsp3) is 0.304. The van der Waals surface area contributed by atoms with E-state index < -0.39 is 6.04 Å². The highest BCUT2D eigenvalue weighted by molar-refractivity contribution is 5.98. The number of H-pyrrole nitrogens is 1. The van der Waals surface area contributed by atoms with E-state index in [-0.39, 0.29) is 17.9 Å². The summed E-state index contributed by atoms with van der Waals surface area (Å²) in [4.78, 5) is 28.9. The van der Waals surface area contributed by atoms with Gasteiger partial charge in [-0.15, -0.1) is 0 Å². The Morgan fingerprint density at radius 2 is 1.89 bits per heavy atom. The molecule has 0 spiro atoms. The van der Waals surface area contributed by atoms with E-state index in [2.05, 4.69) is 15.6 Å². The molecule has 1 aliphatic carbocycles. The van der Waals surface area contributed by atoms with E-state index in [1.54, 1.807) is 6.07 Å². The average Bonchev–Trinajstić information content (AvgIpc) is 3.41. The number of aromatic nitrogens is 1. The lowest BCUT2D eigenvalue weighted by Gasteiger charge is -2.19. The van der Waals surface area contributed by atoms with Crippen molar-refractivity contribution in [1.82, 2.24) is 15.6 Å². The maximum Gasteiger partial charge on any atom is 0.251 e. The van der Waals surface area contributed by atoms with Gasteiger partial charge in [0.2, 0.25) is 5.91 Å². The van der Waals surface area contributed by atoms with Gasteiger partial charge in [0, 0.05) is 35.1 Å². The first kappa shape index (κ1) is 18.3. The molecule has 2 aromatic carbocycles. The van der Waals surface area contributed by atoms with Gasteiger partial charge in [-0.1, -0.05) is 24.3 Å². The topological polar surface area (TPSA) is 74.0 Å². The van der Waals surface area contributed by atoms with Crippen molar-refractivity contribution in [2.24, 2.45) is 0 Å². The number of fused-ring (bicyclic) bond motifs is 1. The van der Waals surface area contributed by atoms with Gasteiger partial charge in [0.1, 0.15) is 6.04 Å². The third-order valence-corrected chi connectivity index (χ3v) is 5.41. The van der Waals surface area contributed by atoms with E-state index in [1.807, 2.05) is 56.4 Å². The molecule has 0 unspecified atom stereocenters. The van der Waals surface area contributed by atoms with Crippen molar-refractivity contribution in [3.05, 3.63) is 70.9 Å². The van der Waals surface area contributed by atoms with Crippen molar-refractivity contribution in [1.29, 1.82) is 0 Å². The number of amides is 2. The molecule has 5 nitrogen and oxygen atoms in total. The Hall–Kier alpha value is -3.08. The van der Waals surface area contributed by atoms with Gasteiger partial charge in [-0.25, -0.2) is 0 Å². The van der Waals surface area contributed by atoms with Gasteiger partial charge in [0.25, 0.3) is 5.91 Å². The molecule has 1 aromatic heterocycles. The summed E-state index contributed by atoms with van der Waals surface area (Å²) in [7, 11) is 0. The number of carbonyl (C=O) groups excluding carboxylic acids is 2. The van der Waals surface area contributed by atoms with Crippen LogP contribution in [0.3, 0.4) is 0 Å². The minimum Gasteiger partial charge on any atom is -0.361 e. The Bertz CT molecular complexity index is 1030. The lowest BCUT2D eigenvalue weighted by molar-refractivity contribution is -0.123. The zero-order valence-electron chi connectivity index (χ0n) is 16.2. The van der Waals surface area contributed by atoms with E-state index in [1.165, 1.54) is 0 Å². The molecule has 1 heterocycles. The molecule has 3 aromatic rings. The van der Waals surface area contributed by atoms with Crippen LogP contribution in [0.1, 0.15) is 39.9 Å². The van der Waals surface area contributed by atoms with Gasteiger partial charge in [-0.2, -0.15) is 0 Å². The molecule has 5 heteroatoms. The van der Waals surface area contributed by atoms with E-state index in [9.17, 15) is 9.59 Å². The minimum absolute atomic E-state index is 0.120. The van der Waals surface area contributed by atoms with E-state index in [0.29, 0.717) is 12.0 Å². The highest BCUT2D eigenvalue weighted by Crippen LogP contribution is 2.21. The molecule has 3 N–H and O–H groups in total. The molecule has 4 rings (SSSR count). The number of aryl methyl sites for hydroxylation is 2. The highest BCUT2D eigenvalue weighted by Gasteiger charge is 2.29. The quantitative estimate of drug-likeness (QED) is 0.618. The number of benzene rings is 2. The number of rotatable bonds is 6. The van der Waals surface area contributed by atoms with Crippen LogP contribution in [0.25, 0.3) is 10.9 Å². The zero-order valence-corrected chi connectivity index (χ0v) is 16.2. The van der Waals surface area contributed by atoms with Crippen molar-refractivity contribution < 1.29 is 9.59 Å². The smallest absolute Gasteiger partial charge is 0.251 e. The average molecular weight is 375 g/mol. The van der Waals surface area contributed by atoms with Crippen LogP contribution in [0.5, 0.6) is 0 Å². The molecule has 2 amide bonds. The van der Waals surface area contributed by atoms with Crippen LogP contribution >= 0.6 is 0 Å². The molecule has 1 fully saturated rings. The van der Waals surface area contributed by atoms with Crippen molar-refractivity contribution in [2.75, 3.05) is 0 Å². The van der Waals surface area contributed by atoms with Crippen molar-refractivity contribution in [3.8, 4) is 0 Å². The fourth-order valence-electron chi connectivity index (χ4n) is 3.38. The maximum absolute atomic E-state index is 12.8. The molecule has 0 radical (unpaired) electrons. The number of hydrogen-bond donors (Lipinski definition) is 3. The van der Waals surface area contributed by atoms with Gasteiger partial charge in [-0.3, -0.25) is 9.59 Å². The van der Waals surface area contributed by atoms with Crippen LogP contribution in [0.2, 0.25) is 0 Å². The molecule has 0 aliphatic heterocycles. The predicted octanol–water partition coefficient (Wildman–Crippen LogP) is 3.40. The van der Waals surface area contributed by atoms with Crippen LogP contribution in [0, 0.1) is 13.8 Å². The summed E-state index contributed by atoms with van der Waals surface area (Å²) >= 11 is 0. The molecule has 1 saturated carbocycles. The van der Waals surface area contributed by atoms with Crippen molar-refractivity contribution >= 4 is 22.7 Å². The van der Waals surface area contributed by atoms with Gasteiger partial charge < -0.3 is 15.6 Å². The Kier molecular flexibility index (Phi) is 4.90. The first-order valence-corrected chi connectivity index (χ1v) is 9.75. The largest absolute Gasteiger partial charge is 0.361 e. The van der Waals surface area contributed by atoms with Gasteiger partial charge in [-0.05, 0) is 61.6 Å². The number of aromatic amines is 1. The second-order valence-electron chi connectivity index (χ2n) is 7.67. The summed E-state index contributed by atoms with van der Waals surface area (Å²) < 4.78 is 0. The van der Waals surface area contributed by atoms with Crippen LogP contribution in [0.15, 0.2) is 48.7 Å². The number of hydrogen-bond acceptors (Lipinski definition) is 2. The lowest BCUT2D eigenvalue weighted by atomic mass is 10.0. The zero-order chi connectivity index (χ0) is 19.7. The molecule has 28 heavy (non-hydrogen) atoms. The molecule has 144 valence electrons. The summed E-state index contributed by atoms with van der Waals surface area (Å²) in [6.07, 6.45) is 4.39.